The van der Waals surface area contributed by atoms with Crippen LogP contribution in [0.4, 0.5) is 15.8 Å². The summed E-state index contributed by atoms with van der Waals surface area (Å²) in [6.45, 7) is 9.26. The number of hydrogen-bond donors (Lipinski definition) is 1. The summed E-state index contributed by atoms with van der Waals surface area (Å²) < 4.78 is 13.2. The molecule has 118 valence electrons. The van der Waals surface area contributed by atoms with E-state index in [4.69, 9.17) is 0 Å². The van der Waals surface area contributed by atoms with Crippen molar-refractivity contribution in [1.29, 1.82) is 0 Å². The van der Waals surface area contributed by atoms with Crippen LogP contribution in [0.15, 0.2) is 18.2 Å². The fourth-order valence-corrected chi connectivity index (χ4v) is 2.28. The maximum atomic E-state index is 13.2. The van der Waals surface area contributed by atoms with E-state index in [1.807, 2.05) is 6.92 Å². The molecule has 0 aliphatic carbocycles. The Morgan fingerprint density at radius 1 is 1.38 bits per heavy atom. The molecule has 5 nitrogen and oxygen atoms in total. The normalized spacial score (nSPS) is 12.4. The lowest BCUT2D eigenvalue weighted by Crippen LogP contribution is -2.25. The van der Waals surface area contributed by atoms with Crippen LogP contribution < -0.4 is 5.32 Å². The number of nitro benzene ring substituents is 1. The van der Waals surface area contributed by atoms with E-state index in [-0.39, 0.29) is 17.4 Å². The van der Waals surface area contributed by atoms with E-state index in [2.05, 4.69) is 24.1 Å². The fourth-order valence-electron chi connectivity index (χ4n) is 2.28. The number of anilines is 1. The molecule has 21 heavy (non-hydrogen) atoms. The first-order chi connectivity index (χ1) is 9.97. The third kappa shape index (κ3) is 5.67. The molecule has 1 atom stereocenters. The van der Waals surface area contributed by atoms with Gasteiger partial charge in [0.2, 0.25) is 0 Å². The quantitative estimate of drug-likeness (QED) is 0.558. The summed E-state index contributed by atoms with van der Waals surface area (Å²) in [6.07, 6.45) is 1.88. The van der Waals surface area contributed by atoms with E-state index >= 15 is 0 Å². The monoisotopic (exact) mass is 297 g/mol. The van der Waals surface area contributed by atoms with Gasteiger partial charge < -0.3 is 10.2 Å². The van der Waals surface area contributed by atoms with E-state index in [9.17, 15) is 14.5 Å². The van der Waals surface area contributed by atoms with Crippen LogP contribution >= 0.6 is 0 Å². The highest BCUT2D eigenvalue weighted by molar-refractivity contribution is 5.61. The predicted octanol–water partition coefficient (Wildman–Crippen LogP) is 3.66. The highest BCUT2D eigenvalue weighted by Crippen LogP contribution is 2.26. The molecule has 0 saturated carbocycles. The number of nitro groups is 1. The third-order valence-corrected chi connectivity index (χ3v) is 3.56. The summed E-state index contributed by atoms with van der Waals surface area (Å²) in [6, 6.07) is 3.54. The molecule has 0 aliphatic heterocycles. The van der Waals surface area contributed by atoms with E-state index < -0.39 is 10.7 Å². The van der Waals surface area contributed by atoms with Gasteiger partial charge in [-0.2, -0.15) is 0 Å². The van der Waals surface area contributed by atoms with E-state index in [1.54, 1.807) is 0 Å². The second kappa shape index (κ2) is 8.56. The van der Waals surface area contributed by atoms with Crippen molar-refractivity contribution in [3.63, 3.8) is 0 Å². The molecule has 0 aromatic heterocycles. The number of hydrogen-bond acceptors (Lipinski definition) is 4. The largest absolute Gasteiger partial charge is 0.377 e. The van der Waals surface area contributed by atoms with Crippen molar-refractivity contribution in [2.75, 3.05) is 25.0 Å². The lowest BCUT2D eigenvalue weighted by atomic mass is 10.1. The Morgan fingerprint density at radius 2 is 2.05 bits per heavy atom. The molecule has 1 unspecified atom stereocenters. The number of nitrogens with one attached hydrogen (secondary N) is 1. The zero-order valence-corrected chi connectivity index (χ0v) is 12.9. The second-order valence-electron chi connectivity index (χ2n) is 5.13. The van der Waals surface area contributed by atoms with Gasteiger partial charge in [0.1, 0.15) is 11.5 Å². The molecule has 0 amide bonds. The van der Waals surface area contributed by atoms with Gasteiger partial charge in [0.05, 0.1) is 4.92 Å². The molecule has 0 radical (unpaired) electrons. The Morgan fingerprint density at radius 3 is 2.62 bits per heavy atom. The number of rotatable bonds is 9. The maximum absolute atomic E-state index is 13.2. The summed E-state index contributed by atoms with van der Waals surface area (Å²) in [5.74, 6) is -0.474. The van der Waals surface area contributed by atoms with Gasteiger partial charge in [-0.25, -0.2) is 4.39 Å². The first kappa shape index (κ1) is 17.4. The summed E-state index contributed by atoms with van der Waals surface area (Å²) in [7, 11) is 0. The molecule has 0 heterocycles. The first-order valence-electron chi connectivity index (χ1n) is 7.40. The predicted molar refractivity (Wildman–Crippen MR) is 83.2 cm³/mol. The smallest absolute Gasteiger partial charge is 0.292 e. The van der Waals surface area contributed by atoms with Crippen LogP contribution in [0.1, 0.15) is 33.6 Å². The lowest BCUT2D eigenvalue weighted by Gasteiger charge is -2.20. The Balaban J connectivity index is 2.56. The molecule has 0 fully saturated rings. The van der Waals surface area contributed by atoms with Gasteiger partial charge in [0.25, 0.3) is 5.69 Å². The van der Waals surface area contributed by atoms with Crippen LogP contribution in [-0.4, -0.2) is 35.5 Å². The van der Waals surface area contributed by atoms with Gasteiger partial charge in [0, 0.05) is 18.2 Å². The summed E-state index contributed by atoms with van der Waals surface area (Å²) in [5.41, 5.74) is 0.155. The molecule has 0 spiro atoms. The Bertz CT molecular complexity index is 464. The molecule has 0 aliphatic rings. The van der Waals surface area contributed by atoms with E-state index in [1.165, 1.54) is 12.1 Å². The highest BCUT2D eigenvalue weighted by atomic mass is 19.1. The average molecular weight is 297 g/mol. The van der Waals surface area contributed by atoms with Gasteiger partial charge in [-0.1, -0.05) is 13.8 Å². The SMILES string of the molecule is CCN(CC)CCCC(C)Nc1cc(F)ccc1[N+](=O)[O-]. The summed E-state index contributed by atoms with van der Waals surface area (Å²) >= 11 is 0. The van der Waals surface area contributed by atoms with Crippen LogP contribution in [-0.2, 0) is 0 Å². The second-order valence-corrected chi connectivity index (χ2v) is 5.13. The van der Waals surface area contributed by atoms with Gasteiger partial charge in [-0.3, -0.25) is 10.1 Å². The van der Waals surface area contributed by atoms with Crippen molar-refractivity contribution in [1.82, 2.24) is 4.90 Å². The zero-order valence-electron chi connectivity index (χ0n) is 12.9. The first-order valence-corrected chi connectivity index (χ1v) is 7.40. The fraction of sp³-hybridized carbons (Fsp3) is 0.600. The van der Waals surface area contributed by atoms with Crippen LogP contribution in [0.5, 0.6) is 0 Å². The standard InChI is InChI=1S/C15H24FN3O2/c1-4-18(5-2)10-6-7-12(3)17-14-11-13(16)8-9-15(14)19(20)21/h8-9,11-12,17H,4-7,10H2,1-3H3. The maximum Gasteiger partial charge on any atom is 0.292 e. The van der Waals surface area contributed by atoms with E-state index in [0.717, 1.165) is 38.5 Å². The Kier molecular flexibility index (Phi) is 7.08. The van der Waals surface area contributed by atoms with Gasteiger partial charge >= 0.3 is 0 Å². The minimum atomic E-state index is -0.496. The molecule has 6 heteroatoms. The van der Waals surface area contributed by atoms with Crippen LogP contribution in [0, 0.1) is 15.9 Å². The number of nitrogens with zero attached hydrogens (tertiary/aromatic N) is 2. The van der Waals surface area contributed by atoms with Crippen molar-refractivity contribution in [2.45, 2.75) is 39.7 Å². The topological polar surface area (TPSA) is 58.4 Å². The third-order valence-electron chi connectivity index (χ3n) is 3.56. The summed E-state index contributed by atoms with van der Waals surface area (Å²) in [5, 5.41) is 14.0. The molecular weight excluding hydrogens is 273 g/mol. The van der Waals surface area contributed by atoms with Crippen LogP contribution in [0.25, 0.3) is 0 Å². The Labute approximate surface area is 125 Å². The molecule has 1 aromatic rings. The van der Waals surface area contributed by atoms with Crippen molar-refractivity contribution in [2.24, 2.45) is 0 Å². The molecule has 0 bridgehead atoms. The van der Waals surface area contributed by atoms with Gasteiger partial charge in [-0.15, -0.1) is 0 Å². The van der Waals surface area contributed by atoms with E-state index in [0.29, 0.717) is 0 Å². The Hall–Kier alpha value is -1.69. The molecule has 0 saturated heterocycles. The van der Waals surface area contributed by atoms with Crippen LogP contribution in [0.3, 0.4) is 0 Å². The zero-order chi connectivity index (χ0) is 15.8. The molecular formula is C15H24FN3O2. The molecule has 1 aromatic carbocycles. The average Bonchev–Trinajstić information content (AvgIpc) is 2.43. The minimum Gasteiger partial charge on any atom is -0.377 e. The summed E-state index contributed by atoms with van der Waals surface area (Å²) in [4.78, 5) is 12.8. The molecule has 1 N–H and O–H groups in total. The number of halogens is 1. The highest BCUT2D eigenvalue weighted by Gasteiger charge is 2.16. The molecule has 1 rings (SSSR count). The lowest BCUT2D eigenvalue weighted by molar-refractivity contribution is -0.384. The van der Waals surface area contributed by atoms with Gasteiger partial charge in [-0.05, 0) is 45.5 Å². The van der Waals surface area contributed by atoms with Crippen molar-refractivity contribution >= 4 is 11.4 Å². The van der Waals surface area contributed by atoms with Crippen molar-refractivity contribution in [3.05, 3.63) is 34.1 Å². The van der Waals surface area contributed by atoms with Gasteiger partial charge in [0.15, 0.2) is 0 Å². The van der Waals surface area contributed by atoms with Crippen LogP contribution in [0.2, 0.25) is 0 Å². The van der Waals surface area contributed by atoms with Crippen molar-refractivity contribution in [3.8, 4) is 0 Å². The van der Waals surface area contributed by atoms with Crippen molar-refractivity contribution < 1.29 is 9.31 Å². The minimum absolute atomic E-state index is 0.0565. The number of benzene rings is 1.